The number of thiazole rings is 1. The molecule has 0 saturated carbocycles. The molecule has 3 amide bonds. The van der Waals surface area contributed by atoms with E-state index in [4.69, 9.17) is 4.74 Å². The summed E-state index contributed by atoms with van der Waals surface area (Å²) in [5, 5.41) is 5.59. The minimum Gasteiger partial charge on any atom is -0.444 e. The van der Waals surface area contributed by atoms with Crippen molar-refractivity contribution in [1.82, 2.24) is 20.5 Å². The predicted octanol–water partition coefficient (Wildman–Crippen LogP) is 6.40. The van der Waals surface area contributed by atoms with E-state index in [9.17, 15) is 19.2 Å². The highest BCUT2D eigenvalue weighted by Crippen LogP contribution is 2.42. The molecule has 11 heteroatoms. The Hall–Kier alpha value is -4.22. The Morgan fingerprint density at radius 3 is 2.19 bits per heavy atom. The van der Waals surface area contributed by atoms with Crippen LogP contribution in [0.3, 0.4) is 0 Å². The molecule has 1 fully saturated rings. The molecule has 0 radical (unpaired) electrons. The number of hydrogen-bond donors (Lipinski definition) is 2. The van der Waals surface area contributed by atoms with Gasteiger partial charge in [-0.3, -0.25) is 14.4 Å². The average molecular weight is 673 g/mol. The molecule has 4 atom stereocenters. The lowest BCUT2D eigenvalue weighted by molar-refractivity contribution is -0.142. The Morgan fingerprint density at radius 1 is 0.915 bits per heavy atom. The first-order chi connectivity index (χ1) is 22.4. The molecule has 0 bridgehead atoms. The maximum Gasteiger partial charge on any atom is 0.408 e. The van der Waals surface area contributed by atoms with Crippen LogP contribution in [0, 0.1) is 5.92 Å². The predicted molar refractivity (Wildman–Crippen MR) is 186 cm³/mol. The second-order valence-corrected chi connectivity index (χ2v) is 15.0. The second-order valence-electron chi connectivity index (χ2n) is 12.8. The van der Waals surface area contributed by atoms with Crippen LogP contribution in [0.5, 0.6) is 0 Å². The third-order valence-corrected chi connectivity index (χ3v) is 10.0. The first-order valence-corrected chi connectivity index (χ1v) is 17.5. The van der Waals surface area contributed by atoms with E-state index < -0.39 is 47.0 Å². The fourth-order valence-electron chi connectivity index (χ4n) is 5.41. The number of para-hydroxylation sites is 1. The van der Waals surface area contributed by atoms with Gasteiger partial charge in [-0.05, 0) is 49.9 Å². The van der Waals surface area contributed by atoms with Gasteiger partial charge in [-0.15, -0.1) is 23.1 Å². The van der Waals surface area contributed by atoms with E-state index in [1.54, 1.807) is 25.7 Å². The van der Waals surface area contributed by atoms with Gasteiger partial charge < -0.3 is 20.3 Å². The number of benzene rings is 3. The van der Waals surface area contributed by atoms with Gasteiger partial charge in [0.1, 0.15) is 23.1 Å². The molecule has 0 spiro atoms. The van der Waals surface area contributed by atoms with Crippen molar-refractivity contribution >= 4 is 57.0 Å². The van der Waals surface area contributed by atoms with Gasteiger partial charge in [-0.2, -0.15) is 0 Å². The number of carbonyl (C=O) groups excluding carboxylic acids is 4. The van der Waals surface area contributed by atoms with Crippen molar-refractivity contribution in [2.75, 3.05) is 5.75 Å². The minimum absolute atomic E-state index is 0.256. The highest BCUT2D eigenvalue weighted by molar-refractivity contribution is 7.99. The summed E-state index contributed by atoms with van der Waals surface area (Å²) in [5.41, 5.74) is 1.70. The summed E-state index contributed by atoms with van der Waals surface area (Å²) < 4.78 is 6.35. The maximum absolute atomic E-state index is 14.4. The average Bonchev–Trinajstić information content (AvgIpc) is 3.68. The molecule has 246 valence electrons. The van der Waals surface area contributed by atoms with Crippen molar-refractivity contribution in [3.63, 3.8) is 0 Å². The van der Waals surface area contributed by atoms with E-state index >= 15 is 0 Å². The lowest BCUT2D eigenvalue weighted by Gasteiger charge is -2.34. The van der Waals surface area contributed by atoms with Crippen molar-refractivity contribution in [1.29, 1.82) is 0 Å². The molecule has 4 aromatic rings. The van der Waals surface area contributed by atoms with E-state index in [0.717, 1.165) is 21.3 Å². The lowest BCUT2D eigenvalue weighted by atomic mass is 10.00. The number of fused-ring (bicyclic) bond motifs is 1. The molecule has 1 saturated heterocycles. The van der Waals surface area contributed by atoms with E-state index in [0.29, 0.717) is 10.8 Å². The van der Waals surface area contributed by atoms with E-state index in [-0.39, 0.29) is 18.1 Å². The van der Waals surface area contributed by atoms with Crippen LogP contribution < -0.4 is 10.6 Å². The number of ketones is 1. The molecule has 9 nitrogen and oxygen atoms in total. The second kappa shape index (κ2) is 14.7. The standard InChI is InChI=1S/C36H40N4O5S2/c1-22(2)29(39-35(44)45-36(3,4)5)33(43)40-27(21-46-34(40)24-16-10-7-11-17-24)31(42)37-26(20-23-14-8-6-9-15-23)30(41)32-38-25-18-12-13-19-28(25)47-32/h6-19,22,26-27,29,34H,20-21H2,1-5H3,(H,37,42)(H,39,44)/t26-,27-,29-,34?/m0/s1. The highest BCUT2D eigenvalue weighted by atomic mass is 32.2. The third-order valence-electron chi connectivity index (χ3n) is 7.67. The molecule has 0 aliphatic carbocycles. The summed E-state index contributed by atoms with van der Waals surface area (Å²) in [7, 11) is 0. The zero-order chi connectivity index (χ0) is 33.7. The van der Waals surface area contributed by atoms with Crippen LogP contribution in [-0.4, -0.2) is 63.1 Å². The summed E-state index contributed by atoms with van der Waals surface area (Å²) in [6.45, 7) is 8.93. The zero-order valence-electron chi connectivity index (χ0n) is 27.1. The molecule has 3 aromatic carbocycles. The Labute approximate surface area is 283 Å². The molecule has 1 aromatic heterocycles. The Balaban J connectivity index is 1.45. The molecule has 5 rings (SSSR count). The van der Waals surface area contributed by atoms with Crippen LogP contribution in [0.2, 0.25) is 0 Å². The Morgan fingerprint density at radius 2 is 1.55 bits per heavy atom. The van der Waals surface area contributed by atoms with Gasteiger partial charge >= 0.3 is 6.09 Å². The number of Topliss-reactive ketones (excluding diaryl/α,β-unsaturated/α-hetero) is 1. The molecule has 47 heavy (non-hydrogen) atoms. The van der Waals surface area contributed by atoms with Crippen LogP contribution in [-0.2, 0) is 20.7 Å². The number of hydrogen-bond acceptors (Lipinski definition) is 8. The van der Waals surface area contributed by atoms with E-state index in [2.05, 4.69) is 15.6 Å². The summed E-state index contributed by atoms with van der Waals surface area (Å²) >= 11 is 2.76. The molecule has 2 N–H and O–H groups in total. The smallest absolute Gasteiger partial charge is 0.408 e. The fourth-order valence-corrected chi connectivity index (χ4v) is 7.81. The van der Waals surface area contributed by atoms with Gasteiger partial charge in [0.25, 0.3) is 0 Å². The SMILES string of the molecule is CC(C)[C@H](NC(=O)OC(C)(C)C)C(=O)N1C(c2ccccc2)SC[C@H]1C(=O)N[C@@H](Cc1ccccc1)C(=O)c1nc2ccccc2s1. The number of ether oxygens (including phenoxy) is 1. The fraction of sp³-hybridized carbons (Fsp3) is 0.361. The quantitative estimate of drug-likeness (QED) is 0.187. The van der Waals surface area contributed by atoms with Crippen LogP contribution in [0.4, 0.5) is 4.79 Å². The van der Waals surface area contributed by atoms with Crippen molar-refractivity contribution in [2.45, 2.75) is 70.1 Å². The molecule has 1 aliphatic rings. The third kappa shape index (κ3) is 8.39. The number of nitrogens with zero attached hydrogens (tertiary/aromatic N) is 2. The Kier molecular flexibility index (Phi) is 10.7. The van der Waals surface area contributed by atoms with Crippen molar-refractivity contribution in [2.24, 2.45) is 5.92 Å². The summed E-state index contributed by atoms with van der Waals surface area (Å²) in [4.78, 5) is 61.6. The van der Waals surface area contributed by atoms with Gasteiger partial charge in [0.05, 0.1) is 16.3 Å². The minimum atomic E-state index is -0.949. The van der Waals surface area contributed by atoms with Crippen LogP contribution in [0.15, 0.2) is 84.9 Å². The van der Waals surface area contributed by atoms with Gasteiger partial charge in [0.15, 0.2) is 5.01 Å². The normalized spacial score (nSPS) is 17.7. The number of thioether (sulfide) groups is 1. The van der Waals surface area contributed by atoms with Crippen molar-refractivity contribution < 1.29 is 23.9 Å². The summed E-state index contributed by atoms with van der Waals surface area (Å²) in [6, 6.07) is 23.7. The summed E-state index contributed by atoms with van der Waals surface area (Å²) in [6.07, 6.45) is -0.454. The number of rotatable bonds is 10. The number of aromatic nitrogens is 1. The monoisotopic (exact) mass is 672 g/mol. The number of nitrogens with one attached hydrogen (secondary N) is 2. The maximum atomic E-state index is 14.4. The number of alkyl carbamates (subject to hydrolysis) is 1. The van der Waals surface area contributed by atoms with Crippen LogP contribution in [0.25, 0.3) is 10.2 Å². The molecule has 1 unspecified atom stereocenters. The zero-order valence-corrected chi connectivity index (χ0v) is 28.8. The van der Waals surface area contributed by atoms with Gasteiger partial charge in [-0.25, -0.2) is 9.78 Å². The van der Waals surface area contributed by atoms with Gasteiger partial charge in [-0.1, -0.05) is 86.6 Å². The van der Waals surface area contributed by atoms with Crippen molar-refractivity contribution in [3.8, 4) is 0 Å². The lowest BCUT2D eigenvalue weighted by Crippen LogP contribution is -2.58. The highest BCUT2D eigenvalue weighted by Gasteiger charge is 2.46. The molecular formula is C36H40N4O5S2. The summed E-state index contributed by atoms with van der Waals surface area (Å²) in [5.74, 6) is -1.13. The van der Waals surface area contributed by atoms with Gasteiger partial charge in [0.2, 0.25) is 17.6 Å². The van der Waals surface area contributed by atoms with Gasteiger partial charge in [0, 0.05) is 12.2 Å². The Bertz CT molecular complexity index is 1690. The van der Waals surface area contributed by atoms with E-state index in [1.165, 1.54) is 23.1 Å². The van der Waals surface area contributed by atoms with E-state index in [1.807, 2.05) is 98.8 Å². The largest absolute Gasteiger partial charge is 0.444 e. The molecule has 1 aliphatic heterocycles. The molecule has 2 heterocycles. The number of carbonyl (C=O) groups is 4. The van der Waals surface area contributed by atoms with Crippen LogP contribution in [0.1, 0.15) is 60.9 Å². The first-order valence-electron chi connectivity index (χ1n) is 15.6. The first kappa shape index (κ1) is 34.1. The molecular weight excluding hydrogens is 633 g/mol. The topological polar surface area (TPSA) is 118 Å². The van der Waals surface area contributed by atoms with Crippen LogP contribution >= 0.6 is 23.1 Å². The number of amides is 3. The van der Waals surface area contributed by atoms with Crippen molar-refractivity contribution in [3.05, 3.63) is 101 Å².